The number of fused-ring (bicyclic) bond motifs is 1. The maximum Gasteiger partial charge on any atom is 0.331 e. The third-order valence-electron chi connectivity index (χ3n) is 3.51. The summed E-state index contributed by atoms with van der Waals surface area (Å²) in [6.45, 7) is 0.381. The summed E-state index contributed by atoms with van der Waals surface area (Å²) in [5, 5.41) is 9.48. The van der Waals surface area contributed by atoms with E-state index in [0.717, 1.165) is 5.56 Å². The predicted molar refractivity (Wildman–Crippen MR) is 70.1 cm³/mol. The molecule has 1 aromatic carbocycles. The van der Waals surface area contributed by atoms with Gasteiger partial charge >= 0.3 is 5.97 Å². The lowest BCUT2D eigenvalue weighted by Gasteiger charge is -2.34. The van der Waals surface area contributed by atoms with Gasteiger partial charge in [-0.15, -0.1) is 0 Å². The van der Waals surface area contributed by atoms with Gasteiger partial charge in [-0.25, -0.2) is 9.78 Å². The fourth-order valence-electron chi connectivity index (χ4n) is 2.58. The Kier molecular flexibility index (Phi) is 2.98. The minimum atomic E-state index is -1.02. The molecule has 3 rings (SSSR count). The zero-order valence-electron chi connectivity index (χ0n) is 10.6. The van der Waals surface area contributed by atoms with E-state index in [4.69, 9.17) is 0 Å². The van der Waals surface area contributed by atoms with Gasteiger partial charge in [0.15, 0.2) is 6.04 Å². The second-order valence-electron chi connectivity index (χ2n) is 4.65. The molecule has 102 valence electrons. The number of nitrogens with zero attached hydrogens (tertiary/aromatic N) is 2. The molecule has 0 bridgehead atoms. The Bertz CT molecular complexity index is 651. The van der Waals surface area contributed by atoms with Crippen LogP contribution in [0, 0.1) is 0 Å². The first-order valence-electron chi connectivity index (χ1n) is 6.28. The van der Waals surface area contributed by atoms with Crippen LogP contribution in [0.1, 0.15) is 27.7 Å². The minimum Gasteiger partial charge on any atom is -0.479 e. The van der Waals surface area contributed by atoms with Crippen molar-refractivity contribution < 1.29 is 14.7 Å². The largest absolute Gasteiger partial charge is 0.479 e. The molecule has 0 fully saturated rings. The van der Waals surface area contributed by atoms with Crippen molar-refractivity contribution in [3.63, 3.8) is 0 Å². The molecule has 1 aromatic heterocycles. The molecule has 2 heterocycles. The van der Waals surface area contributed by atoms with Gasteiger partial charge in [0.05, 0.1) is 12.5 Å². The molecule has 20 heavy (non-hydrogen) atoms. The molecule has 1 aliphatic rings. The van der Waals surface area contributed by atoms with E-state index in [1.54, 1.807) is 12.1 Å². The predicted octanol–water partition coefficient (Wildman–Crippen LogP) is 1.23. The molecule has 0 spiro atoms. The van der Waals surface area contributed by atoms with Gasteiger partial charge in [-0.2, -0.15) is 0 Å². The first-order chi connectivity index (χ1) is 9.68. The van der Waals surface area contributed by atoms with Gasteiger partial charge in [0.2, 0.25) is 0 Å². The Labute approximate surface area is 115 Å². The van der Waals surface area contributed by atoms with Crippen molar-refractivity contribution in [2.45, 2.75) is 12.5 Å². The third kappa shape index (κ3) is 1.95. The molecule has 1 unspecified atom stereocenters. The van der Waals surface area contributed by atoms with Crippen LogP contribution in [0.25, 0.3) is 0 Å². The molecule has 1 amide bonds. The number of imidazole rings is 1. The first kappa shape index (κ1) is 12.4. The lowest BCUT2D eigenvalue weighted by Crippen LogP contribution is -2.43. The lowest BCUT2D eigenvalue weighted by molar-refractivity contribution is -0.143. The highest BCUT2D eigenvalue weighted by Crippen LogP contribution is 2.30. The Balaban J connectivity index is 2.01. The normalized spacial score (nSPS) is 17.6. The molecular formula is C14H13N3O3. The van der Waals surface area contributed by atoms with Gasteiger partial charge in [-0.1, -0.05) is 24.3 Å². The number of aliphatic carboxylic acids is 1. The van der Waals surface area contributed by atoms with Crippen molar-refractivity contribution >= 4 is 11.9 Å². The summed E-state index contributed by atoms with van der Waals surface area (Å²) >= 11 is 0. The number of H-pyrrole nitrogens is 1. The maximum absolute atomic E-state index is 12.4. The van der Waals surface area contributed by atoms with E-state index in [2.05, 4.69) is 9.97 Å². The molecule has 0 saturated heterocycles. The van der Waals surface area contributed by atoms with Crippen LogP contribution in [-0.4, -0.2) is 38.4 Å². The zero-order chi connectivity index (χ0) is 14.1. The molecule has 1 atom stereocenters. The minimum absolute atomic E-state index is 0.302. The van der Waals surface area contributed by atoms with Crippen molar-refractivity contribution in [2.24, 2.45) is 0 Å². The van der Waals surface area contributed by atoms with Gasteiger partial charge in [-0.05, 0) is 17.5 Å². The lowest BCUT2D eigenvalue weighted by atomic mass is 9.92. The van der Waals surface area contributed by atoms with Crippen molar-refractivity contribution in [3.8, 4) is 0 Å². The highest BCUT2D eigenvalue weighted by Gasteiger charge is 2.36. The Morgan fingerprint density at radius 2 is 2.15 bits per heavy atom. The number of aromatic amines is 1. The summed E-state index contributed by atoms with van der Waals surface area (Å²) in [5.74, 6) is -1.37. The Morgan fingerprint density at radius 3 is 2.85 bits per heavy atom. The quantitative estimate of drug-likeness (QED) is 0.860. The first-order valence-corrected chi connectivity index (χ1v) is 6.28. The van der Waals surface area contributed by atoms with Crippen molar-refractivity contribution in [1.29, 1.82) is 0 Å². The standard InChI is InChI=1S/C14H13N3O3/c18-13(11-7-15-8-16-11)17-6-5-9-3-1-2-4-10(9)12(17)14(19)20/h1-4,7-8,12H,5-6H2,(H,15,16)(H,19,20). The second-order valence-corrected chi connectivity index (χ2v) is 4.65. The number of rotatable bonds is 2. The number of hydrogen-bond acceptors (Lipinski definition) is 3. The van der Waals surface area contributed by atoms with E-state index in [-0.39, 0.29) is 5.91 Å². The van der Waals surface area contributed by atoms with E-state index in [1.807, 2.05) is 12.1 Å². The number of carboxylic acids is 1. The van der Waals surface area contributed by atoms with Gasteiger partial charge < -0.3 is 15.0 Å². The average molecular weight is 271 g/mol. The molecule has 6 heteroatoms. The van der Waals surface area contributed by atoms with Crippen LogP contribution < -0.4 is 0 Å². The average Bonchev–Trinajstić information content (AvgIpc) is 2.99. The fourth-order valence-corrected chi connectivity index (χ4v) is 2.58. The monoisotopic (exact) mass is 271 g/mol. The molecule has 1 aliphatic heterocycles. The number of aromatic nitrogens is 2. The van der Waals surface area contributed by atoms with Crippen LogP contribution in [0.4, 0.5) is 0 Å². The van der Waals surface area contributed by atoms with E-state index >= 15 is 0 Å². The van der Waals surface area contributed by atoms with Crippen LogP contribution in [0.5, 0.6) is 0 Å². The summed E-state index contributed by atoms with van der Waals surface area (Å²) in [4.78, 5) is 31.9. The number of hydrogen-bond donors (Lipinski definition) is 2. The smallest absolute Gasteiger partial charge is 0.331 e. The summed E-state index contributed by atoms with van der Waals surface area (Å²) in [6, 6.07) is 6.39. The number of carbonyl (C=O) groups is 2. The van der Waals surface area contributed by atoms with Crippen molar-refractivity contribution in [3.05, 3.63) is 53.6 Å². The molecule has 0 saturated carbocycles. The van der Waals surface area contributed by atoms with E-state index in [9.17, 15) is 14.7 Å². The highest BCUT2D eigenvalue weighted by atomic mass is 16.4. The third-order valence-corrected chi connectivity index (χ3v) is 3.51. The molecule has 0 aliphatic carbocycles. The summed E-state index contributed by atoms with van der Waals surface area (Å²) in [6.07, 6.45) is 3.46. The SMILES string of the molecule is O=C(O)C1c2ccccc2CCN1C(=O)c1cnc[nH]1. The number of nitrogens with one attached hydrogen (secondary N) is 1. The highest BCUT2D eigenvalue weighted by molar-refractivity contribution is 5.95. The summed E-state index contributed by atoms with van der Waals surface area (Å²) in [5.41, 5.74) is 1.96. The Morgan fingerprint density at radius 1 is 1.35 bits per heavy atom. The van der Waals surface area contributed by atoms with Crippen LogP contribution in [0.15, 0.2) is 36.8 Å². The van der Waals surface area contributed by atoms with Gasteiger partial charge in [-0.3, -0.25) is 4.79 Å². The van der Waals surface area contributed by atoms with Crippen LogP contribution in [0.2, 0.25) is 0 Å². The zero-order valence-corrected chi connectivity index (χ0v) is 10.6. The number of amides is 1. The summed E-state index contributed by atoms with van der Waals surface area (Å²) < 4.78 is 0. The van der Waals surface area contributed by atoms with E-state index < -0.39 is 12.0 Å². The number of carboxylic acid groups (broad SMARTS) is 1. The van der Waals surface area contributed by atoms with Crippen LogP contribution in [0.3, 0.4) is 0 Å². The molecule has 6 nitrogen and oxygen atoms in total. The second kappa shape index (κ2) is 4.80. The fraction of sp³-hybridized carbons (Fsp3) is 0.214. The van der Waals surface area contributed by atoms with E-state index in [1.165, 1.54) is 17.4 Å². The summed E-state index contributed by atoms with van der Waals surface area (Å²) in [7, 11) is 0. The number of benzene rings is 1. The van der Waals surface area contributed by atoms with Gasteiger partial charge in [0.25, 0.3) is 5.91 Å². The molecular weight excluding hydrogens is 258 g/mol. The topological polar surface area (TPSA) is 86.3 Å². The Hall–Kier alpha value is -2.63. The van der Waals surface area contributed by atoms with Gasteiger partial charge in [0, 0.05) is 6.54 Å². The van der Waals surface area contributed by atoms with Crippen LogP contribution in [-0.2, 0) is 11.2 Å². The molecule has 2 N–H and O–H groups in total. The van der Waals surface area contributed by atoms with Crippen molar-refractivity contribution in [1.82, 2.24) is 14.9 Å². The van der Waals surface area contributed by atoms with E-state index in [0.29, 0.717) is 24.2 Å². The maximum atomic E-state index is 12.4. The van der Waals surface area contributed by atoms with Crippen molar-refractivity contribution in [2.75, 3.05) is 6.54 Å². The molecule has 0 radical (unpaired) electrons. The van der Waals surface area contributed by atoms with Crippen LogP contribution >= 0.6 is 0 Å². The van der Waals surface area contributed by atoms with Gasteiger partial charge in [0.1, 0.15) is 5.69 Å². The molecule has 2 aromatic rings. The number of carbonyl (C=O) groups excluding carboxylic acids is 1.